The molecular weight excluding hydrogens is 260 g/mol. The molecule has 1 atom stereocenters. The lowest BCUT2D eigenvalue weighted by Crippen LogP contribution is -2.47. The molecule has 1 saturated heterocycles. The standard InChI is InChI=1S/C18H28N2O/c19-14-18(11-5-1-2-6-12-18)17(21)20-13-7-10-16(20)15-8-3-4-9-15/h15-16H,1-13H2. The normalized spacial score (nSPS) is 30.0. The second-order valence-electron chi connectivity index (χ2n) is 7.36. The molecule has 2 aliphatic carbocycles. The maximum absolute atomic E-state index is 13.2. The minimum absolute atomic E-state index is 0.182. The third kappa shape index (κ3) is 2.82. The number of amides is 1. The van der Waals surface area contributed by atoms with Gasteiger partial charge in [-0.15, -0.1) is 0 Å². The summed E-state index contributed by atoms with van der Waals surface area (Å²) in [5.74, 6) is 0.888. The van der Waals surface area contributed by atoms with Crippen molar-refractivity contribution in [2.75, 3.05) is 6.54 Å². The summed E-state index contributed by atoms with van der Waals surface area (Å²) in [4.78, 5) is 15.3. The average Bonchev–Trinajstić information content (AvgIpc) is 3.13. The summed E-state index contributed by atoms with van der Waals surface area (Å²) in [6.45, 7) is 0.892. The van der Waals surface area contributed by atoms with Crippen molar-refractivity contribution < 1.29 is 4.79 Å². The first-order valence-corrected chi connectivity index (χ1v) is 8.99. The van der Waals surface area contributed by atoms with Crippen LogP contribution < -0.4 is 0 Å². The van der Waals surface area contributed by atoms with Crippen molar-refractivity contribution in [3.63, 3.8) is 0 Å². The Bertz CT molecular complexity index is 411. The van der Waals surface area contributed by atoms with Crippen molar-refractivity contribution in [1.29, 1.82) is 5.26 Å². The van der Waals surface area contributed by atoms with E-state index in [1.165, 1.54) is 38.5 Å². The van der Waals surface area contributed by atoms with Crippen LogP contribution in [-0.4, -0.2) is 23.4 Å². The van der Waals surface area contributed by atoms with E-state index in [4.69, 9.17) is 0 Å². The van der Waals surface area contributed by atoms with Crippen molar-refractivity contribution in [3.8, 4) is 6.07 Å². The number of hydrogen-bond acceptors (Lipinski definition) is 2. The summed E-state index contributed by atoms with van der Waals surface area (Å²) in [6.07, 6.45) is 13.5. The lowest BCUT2D eigenvalue weighted by molar-refractivity contribution is -0.141. The lowest BCUT2D eigenvalue weighted by Gasteiger charge is -2.35. The molecule has 0 N–H and O–H groups in total. The molecule has 3 fully saturated rings. The Morgan fingerprint density at radius 3 is 2.24 bits per heavy atom. The number of hydrogen-bond donors (Lipinski definition) is 0. The van der Waals surface area contributed by atoms with Crippen molar-refractivity contribution >= 4 is 5.91 Å². The highest BCUT2D eigenvalue weighted by Gasteiger charge is 2.46. The predicted octanol–water partition coefficient (Wildman–Crippen LogP) is 4.03. The van der Waals surface area contributed by atoms with E-state index in [1.807, 2.05) is 0 Å². The van der Waals surface area contributed by atoms with Gasteiger partial charge in [0.1, 0.15) is 5.41 Å². The fourth-order valence-corrected chi connectivity index (χ4v) is 4.86. The molecular formula is C18H28N2O. The van der Waals surface area contributed by atoms with Crippen LogP contribution in [0, 0.1) is 22.7 Å². The number of rotatable bonds is 2. The molecule has 2 saturated carbocycles. The van der Waals surface area contributed by atoms with Gasteiger partial charge in [0.15, 0.2) is 0 Å². The Balaban J connectivity index is 1.77. The minimum Gasteiger partial charge on any atom is -0.338 e. The van der Waals surface area contributed by atoms with Crippen LogP contribution in [0.15, 0.2) is 0 Å². The Hall–Kier alpha value is -1.04. The number of likely N-dealkylation sites (tertiary alicyclic amines) is 1. The van der Waals surface area contributed by atoms with E-state index in [0.29, 0.717) is 12.0 Å². The summed E-state index contributed by atoms with van der Waals surface area (Å²) in [5.41, 5.74) is -0.697. The third-order valence-corrected chi connectivity index (χ3v) is 6.08. The van der Waals surface area contributed by atoms with Gasteiger partial charge in [0.05, 0.1) is 6.07 Å². The minimum atomic E-state index is -0.697. The molecule has 1 amide bonds. The van der Waals surface area contributed by atoms with Gasteiger partial charge in [-0.2, -0.15) is 5.26 Å². The topological polar surface area (TPSA) is 44.1 Å². The van der Waals surface area contributed by atoms with Gasteiger partial charge in [-0.1, -0.05) is 38.5 Å². The summed E-state index contributed by atoms with van der Waals surface area (Å²) >= 11 is 0. The Kier molecular flexibility index (Phi) is 4.52. The Morgan fingerprint density at radius 2 is 1.62 bits per heavy atom. The quantitative estimate of drug-likeness (QED) is 0.720. The first-order chi connectivity index (χ1) is 10.3. The third-order valence-electron chi connectivity index (χ3n) is 6.08. The van der Waals surface area contributed by atoms with E-state index in [1.54, 1.807) is 0 Å². The lowest BCUT2D eigenvalue weighted by atomic mass is 9.80. The zero-order valence-corrected chi connectivity index (χ0v) is 13.1. The highest BCUT2D eigenvalue weighted by Crippen LogP contribution is 2.41. The van der Waals surface area contributed by atoms with Crippen molar-refractivity contribution in [2.24, 2.45) is 11.3 Å². The summed E-state index contributed by atoms with van der Waals surface area (Å²) < 4.78 is 0. The summed E-state index contributed by atoms with van der Waals surface area (Å²) in [5, 5.41) is 9.75. The summed E-state index contributed by atoms with van der Waals surface area (Å²) in [6, 6.07) is 2.89. The SMILES string of the molecule is N#CC1(C(=O)N2CCCC2C2CCCC2)CCCCCC1. The maximum Gasteiger partial charge on any atom is 0.243 e. The van der Waals surface area contributed by atoms with Crippen LogP contribution in [0.2, 0.25) is 0 Å². The second-order valence-corrected chi connectivity index (χ2v) is 7.36. The molecule has 0 aromatic heterocycles. The predicted molar refractivity (Wildman–Crippen MR) is 82.4 cm³/mol. The molecule has 0 spiro atoms. The fraction of sp³-hybridized carbons (Fsp3) is 0.889. The fourth-order valence-electron chi connectivity index (χ4n) is 4.86. The number of nitriles is 1. The van der Waals surface area contributed by atoms with Gasteiger partial charge in [-0.05, 0) is 44.4 Å². The Labute approximate surface area is 128 Å². The zero-order valence-electron chi connectivity index (χ0n) is 13.1. The molecule has 21 heavy (non-hydrogen) atoms. The summed E-state index contributed by atoms with van der Waals surface area (Å²) in [7, 11) is 0. The monoisotopic (exact) mass is 288 g/mol. The number of carbonyl (C=O) groups excluding carboxylic acids is 1. The van der Waals surface area contributed by atoms with Gasteiger partial charge in [0.2, 0.25) is 5.91 Å². The van der Waals surface area contributed by atoms with Crippen LogP contribution in [0.4, 0.5) is 0 Å². The molecule has 0 aromatic carbocycles. The van der Waals surface area contributed by atoms with Crippen LogP contribution in [-0.2, 0) is 4.79 Å². The highest BCUT2D eigenvalue weighted by atomic mass is 16.2. The van der Waals surface area contributed by atoms with E-state index < -0.39 is 5.41 Å². The van der Waals surface area contributed by atoms with Crippen LogP contribution in [0.5, 0.6) is 0 Å². The molecule has 0 aromatic rings. The van der Waals surface area contributed by atoms with E-state index in [2.05, 4.69) is 11.0 Å². The first kappa shape index (κ1) is 14.9. The van der Waals surface area contributed by atoms with Gasteiger partial charge in [0, 0.05) is 12.6 Å². The van der Waals surface area contributed by atoms with E-state index >= 15 is 0 Å². The molecule has 1 aliphatic heterocycles. The van der Waals surface area contributed by atoms with Crippen molar-refractivity contribution in [2.45, 2.75) is 83.1 Å². The molecule has 3 aliphatic rings. The first-order valence-electron chi connectivity index (χ1n) is 8.99. The molecule has 1 heterocycles. The molecule has 116 valence electrons. The van der Waals surface area contributed by atoms with Gasteiger partial charge in [-0.3, -0.25) is 4.79 Å². The molecule has 0 radical (unpaired) electrons. The van der Waals surface area contributed by atoms with Crippen LogP contribution in [0.1, 0.15) is 77.0 Å². The van der Waals surface area contributed by atoms with Crippen molar-refractivity contribution in [1.82, 2.24) is 4.90 Å². The smallest absolute Gasteiger partial charge is 0.243 e. The second kappa shape index (κ2) is 6.38. The highest BCUT2D eigenvalue weighted by molar-refractivity contribution is 5.86. The molecule has 3 rings (SSSR count). The van der Waals surface area contributed by atoms with Crippen LogP contribution in [0.3, 0.4) is 0 Å². The van der Waals surface area contributed by atoms with Crippen molar-refractivity contribution in [3.05, 3.63) is 0 Å². The van der Waals surface area contributed by atoms with E-state index in [9.17, 15) is 10.1 Å². The van der Waals surface area contributed by atoms with Gasteiger partial charge >= 0.3 is 0 Å². The maximum atomic E-state index is 13.2. The zero-order chi connectivity index (χ0) is 14.7. The number of nitrogens with zero attached hydrogens (tertiary/aromatic N) is 2. The largest absolute Gasteiger partial charge is 0.338 e. The van der Waals surface area contributed by atoms with Gasteiger partial charge in [-0.25, -0.2) is 0 Å². The van der Waals surface area contributed by atoms with E-state index in [-0.39, 0.29) is 5.91 Å². The molecule has 0 bridgehead atoms. The van der Waals surface area contributed by atoms with Crippen LogP contribution in [0.25, 0.3) is 0 Å². The average molecular weight is 288 g/mol. The van der Waals surface area contributed by atoms with Gasteiger partial charge < -0.3 is 4.90 Å². The van der Waals surface area contributed by atoms with Gasteiger partial charge in [0.25, 0.3) is 0 Å². The Morgan fingerprint density at radius 1 is 0.952 bits per heavy atom. The molecule has 3 heteroatoms. The molecule has 3 nitrogen and oxygen atoms in total. The molecule has 1 unspecified atom stereocenters. The van der Waals surface area contributed by atoms with E-state index in [0.717, 1.165) is 45.1 Å². The number of carbonyl (C=O) groups is 1. The van der Waals surface area contributed by atoms with Crippen LogP contribution >= 0.6 is 0 Å².